The van der Waals surface area contributed by atoms with Gasteiger partial charge in [-0.2, -0.15) is 17.7 Å². The molecular formula is C14H20F3N7. The zero-order valence-corrected chi connectivity index (χ0v) is 13.6. The predicted molar refractivity (Wildman–Crippen MR) is 82.8 cm³/mol. The summed E-state index contributed by atoms with van der Waals surface area (Å²) in [6.07, 6.45) is -4.59. The Hall–Kier alpha value is -1.94. The van der Waals surface area contributed by atoms with Crippen molar-refractivity contribution in [2.24, 2.45) is 0 Å². The minimum Gasteiger partial charge on any atom is -0.365 e. The van der Waals surface area contributed by atoms with Gasteiger partial charge < -0.3 is 10.2 Å². The molecule has 0 radical (unpaired) electrons. The molecule has 0 saturated carbocycles. The first-order valence-corrected chi connectivity index (χ1v) is 7.80. The molecule has 10 heteroatoms. The fraction of sp³-hybridized carbons (Fsp3) is 0.643. The van der Waals surface area contributed by atoms with E-state index in [1.54, 1.807) is 6.07 Å². The summed E-state index contributed by atoms with van der Waals surface area (Å²) in [5.74, 6) is -0.748. The molecular weight excluding hydrogens is 323 g/mol. The van der Waals surface area contributed by atoms with Crippen LogP contribution in [0.15, 0.2) is 12.1 Å². The van der Waals surface area contributed by atoms with E-state index in [0.29, 0.717) is 5.82 Å². The third kappa shape index (κ3) is 3.75. The first-order chi connectivity index (χ1) is 11.3. The maximum absolute atomic E-state index is 12.9. The Bertz CT molecular complexity index is 691. The standard InChI is InChI=1S/C14H20F3N7/c1-10(9-23-7-5-22(2)6-8-23)18-11-3-4-12-19-20-13(14(15,16)17)24(12)21-11/h3-4,10H,5-9H2,1-2H3,(H,18,21). The van der Waals surface area contributed by atoms with Crippen LogP contribution >= 0.6 is 0 Å². The van der Waals surface area contributed by atoms with E-state index in [-0.39, 0.29) is 11.7 Å². The number of likely N-dealkylation sites (N-methyl/N-ethyl adjacent to an activating group) is 1. The van der Waals surface area contributed by atoms with Gasteiger partial charge in [0.15, 0.2) is 5.65 Å². The summed E-state index contributed by atoms with van der Waals surface area (Å²) < 4.78 is 39.4. The number of alkyl halides is 3. The Labute approximate surface area is 137 Å². The van der Waals surface area contributed by atoms with Gasteiger partial charge in [-0.1, -0.05) is 0 Å². The van der Waals surface area contributed by atoms with Gasteiger partial charge in [0.1, 0.15) is 5.82 Å². The highest BCUT2D eigenvalue weighted by molar-refractivity contribution is 5.44. The Balaban J connectivity index is 1.68. The van der Waals surface area contributed by atoms with Crippen molar-refractivity contribution in [2.75, 3.05) is 45.1 Å². The molecule has 1 saturated heterocycles. The predicted octanol–water partition coefficient (Wildman–Crippen LogP) is 1.19. The lowest BCUT2D eigenvalue weighted by Gasteiger charge is -2.34. The lowest BCUT2D eigenvalue weighted by atomic mass is 10.2. The lowest BCUT2D eigenvalue weighted by molar-refractivity contribution is -0.146. The molecule has 1 atom stereocenters. The highest BCUT2D eigenvalue weighted by Crippen LogP contribution is 2.27. The zero-order valence-electron chi connectivity index (χ0n) is 13.6. The second kappa shape index (κ2) is 6.52. The molecule has 1 unspecified atom stereocenters. The van der Waals surface area contributed by atoms with Crippen molar-refractivity contribution in [3.63, 3.8) is 0 Å². The molecule has 0 amide bonds. The van der Waals surface area contributed by atoms with Crippen molar-refractivity contribution in [1.29, 1.82) is 0 Å². The zero-order chi connectivity index (χ0) is 17.3. The van der Waals surface area contributed by atoms with Gasteiger partial charge in [0, 0.05) is 38.8 Å². The van der Waals surface area contributed by atoms with E-state index in [0.717, 1.165) is 37.2 Å². The van der Waals surface area contributed by atoms with E-state index >= 15 is 0 Å². The van der Waals surface area contributed by atoms with Gasteiger partial charge in [0.25, 0.3) is 5.82 Å². The molecule has 0 spiro atoms. The van der Waals surface area contributed by atoms with Crippen LogP contribution in [-0.2, 0) is 6.18 Å². The molecule has 24 heavy (non-hydrogen) atoms. The van der Waals surface area contributed by atoms with Crippen molar-refractivity contribution in [3.05, 3.63) is 18.0 Å². The van der Waals surface area contributed by atoms with Crippen LogP contribution < -0.4 is 5.32 Å². The average Bonchev–Trinajstić information content (AvgIpc) is 2.93. The van der Waals surface area contributed by atoms with Gasteiger partial charge >= 0.3 is 6.18 Å². The summed E-state index contributed by atoms with van der Waals surface area (Å²) in [4.78, 5) is 4.60. The van der Waals surface area contributed by atoms with Crippen LogP contribution in [0.25, 0.3) is 5.65 Å². The second-order valence-electron chi connectivity index (χ2n) is 6.16. The monoisotopic (exact) mass is 343 g/mol. The van der Waals surface area contributed by atoms with Gasteiger partial charge in [0.2, 0.25) is 0 Å². The number of halogens is 3. The van der Waals surface area contributed by atoms with E-state index in [1.807, 2.05) is 6.92 Å². The van der Waals surface area contributed by atoms with Crippen molar-refractivity contribution >= 4 is 11.5 Å². The maximum Gasteiger partial charge on any atom is 0.453 e. The molecule has 132 valence electrons. The third-order valence-electron chi connectivity index (χ3n) is 4.04. The number of aromatic nitrogens is 4. The number of hydrogen-bond acceptors (Lipinski definition) is 6. The molecule has 0 aromatic carbocycles. The molecule has 1 aliphatic heterocycles. The summed E-state index contributed by atoms with van der Waals surface area (Å²) in [6, 6.07) is 3.15. The van der Waals surface area contributed by atoms with Crippen molar-refractivity contribution in [1.82, 2.24) is 29.6 Å². The Kier molecular flexibility index (Phi) is 4.59. The molecule has 3 heterocycles. The smallest absolute Gasteiger partial charge is 0.365 e. The minimum absolute atomic E-state index is 0.0594. The molecule has 3 rings (SSSR count). The van der Waals surface area contributed by atoms with Crippen LogP contribution in [0.4, 0.5) is 19.0 Å². The summed E-state index contributed by atoms with van der Waals surface area (Å²) in [5.41, 5.74) is 0.0691. The van der Waals surface area contributed by atoms with Crippen LogP contribution in [0.1, 0.15) is 12.7 Å². The molecule has 7 nitrogen and oxygen atoms in total. The van der Waals surface area contributed by atoms with Gasteiger partial charge in [-0.25, -0.2) is 0 Å². The molecule has 0 aliphatic carbocycles. The van der Waals surface area contributed by atoms with Gasteiger partial charge in [-0.05, 0) is 26.1 Å². The van der Waals surface area contributed by atoms with Crippen molar-refractivity contribution < 1.29 is 13.2 Å². The Morgan fingerprint density at radius 1 is 1.17 bits per heavy atom. The third-order valence-corrected chi connectivity index (χ3v) is 4.04. The van der Waals surface area contributed by atoms with Crippen molar-refractivity contribution in [2.45, 2.75) is 19.1 Å². The number of piperazine rings is 1. The average molecular weight is 343 g/mol. The first kappa shape index (κ1) is 16.9. The summed E-state index contributed by atoms with van der Waals surface area (Å²) in [6.45, 7) is 6.80. The maximum atomic E-state index is 12.9. The molecule has 2 aromatic rings. The van der Waals surface area contributed by atoms with Crippen LogP contribution in [0, 0.1) is 0 Å². The number of anilines is 1. The minimum atomic E-state index is -4.59. The Morgan fingerprint density at radius 2 is 1.88 bits per heavy atom. The first-order valence-electron chi connectivity index (χ1n) is 7.80. The number of fused-ring (bicyclic) bond motifs is 1. The fourth-order valence-corrected chi connectivity index (χ4v) is 2.76. The highest BCUT2D eigenvalue weighted by atomic mass is 19.4. The van der Waals surface area contributed by atoms with E-state index < -0.39 is 12.0 Å². The number of hydrogen-bond donors (Lipinski definition) is 1. The number of nitrogens with one attached hydrogen (secondary N) is 1. The molecule has 1 fully saturated rings. The van der Waals surface area contributed by atoms with E-state index in [4.69, 9.17) is 0 Å². The van der Waals surface area contributed by atoms with E-state index in [9.17, 15) is 13.2 Å². The lowest BCUT2D eigenvalue weighted by Crippen LogP contribution is -2.47. The van der Waals surface area contributed by atoms with Gasteiger partial charge in [-0.15, -0.1) is 15.3 Å². The number of nitrogens with zero attached hydrogens (tertiary/aromatic N) is 6. The molecule has 0 bridgehead atoms. The van der Waals surface area contributed by atoms with Crippen LogP contribution in [0.2, 0.25) is 0 Å². The topological polar surface area (TPSA) is 61.6 Å². The number of rotatable bonds is 4. The van der Waals surface area contributed by atoms with Crippen molar-refractivity contribution in [3.8, 4) is 0 Å². The van der Waals surface area contributed by atoms with Gasteiger partial charge in [0.05, 0.1) is 0 Å². The van der Waals surface area contributed by atoms with Crippen LogP contribution in [-0.4, -0.2) is 75.4 Å². The van der Waals surface area contributed by atoms with E-state index in [1.165, 1.54) is 6.07 Å². The largest absolute Gasteiger partial charge is 0.453 e. The molecule has 1 N–H and O–H groups in total. The molecule has 1 aliphatic rings. The second-order valence-corrected chi connectivity index (χ2v) is 6.16. The van der Waals surface area contributed by atoms with Crippen LogP contribution in [0.3, 0.4) is 0 Å². The fourth-order valence-electron chi connectivity index (χ4n) is 2.76. The van der Waals surface area contributed by atoms with E-state index in [2.05, 4.69) is 37.5 Å². The molecule has 2 aromatic heterocycles. The SMILES string of the molecule is CC(CN1CCN(C)CC1)Nc1ccc2nnc(C(F)(F)F)n2n1. The normalized spacial score (nSPS) is 18.9. The highest BCUT2D eigenvalue weighted by Gasteiger charge is 2.37. The summed E-state index contributed by atoms with van der Waals surface area (Å²) in [5, 5.41) is 13.8. The summed E-state index contributed by atoms with van der Waals surface area (Å²) in [7, 11) is 2.09. The quantitative estimate of drug-likeness (QED) is 0.900. The summed E-state index contributed by atoms with van der Waals surface area (Å²) >= 11 is 0. The van der Waals surface area contributed by atoms with Gasteiger partial charge in [-0.3, -0.25) is 4.90 Å². The Morgan fingerprint density at radius 3 is 2.54 bits per heavy atom. The van der Waals surface area contributed by atoms with Crippen LogP contribution in [0.5, 0.6) is 0 Å².